The first-order valence-corrected chi connectivity index (χ1v) is 16.2. The van der Waals surface area contributed by atoms with Crippen molar-refractivity contribution in [1.82, 2.24) is 15.2 Å². The van der Waals surface area contributed by atoms with Crippen molar-refractivity contribution in [2.24, 2.45) is 0 Å². The predicted molar refractivity (Wildman–Crippen MR) is 180 cm³/mol. The molecule has 0 saturated carbocycles. The van der Waals surface area contributed by atoms with Crippen LogP contribution in [0.4, 0.5) is 0 Å². The number of carbonyl (C=O) groups excluding carboxylic acids is 3. The molecule has 0 bridgehead atoms. The van der Waals surface area contributed by atoms with Gasteiger partial charge in [0.25, 0.3) is 5.09 Å². The molecular formula is C33H38N4O10S. The Balaban J connectivity index is 1.45. The fraction of sp³-hybridized carbons (Fsp3) is 0.364. The highest BCUT2D eigenvalue weighted by molar-refractivity contribution is 8.13. The highest BCUT2D eigenvalue weighted by atomic mass is 32.2. The highest BCUT2D eigenvalue weighted by Crippen LogP contribution is 2.33. The molecule has 3 aromatic carbocycles. The third-order valence-electron chi connectivity index (χ3n) is 7.16. The fourth-order valence-corrected chi connectivity index (χ4v) is 5.89. The summed E-state index contributed by atoms with van der Waals surface area (Å²) < 4.78 is 17.3. The van der Waals surface area contributed by atoms with Crippen LogP contribution in [0.5, 0.6) is 17.2 Å². The molecule has 4 aromatic rings. The summed E-state index contributed by atoms with van der Waals surface area (Å²) in [4.78, 5) is 57.6. The Morgan fingerprint density at radius 2 is 1.69 bits per heavy atom. The number of aliphatic hydroxyl groups excluding tert-OH is 1. The van der Waals surface area contributed by atoms with Crippen LogP contribution in [-0.4, -0.2) is 94.9 Å². The summed E-state index contributed by atoms with van der Waals surface area (Å²) in [6.45, 7) is 0.778. The van der Waals surface area contributed by atoms with E-state index in [1.54, 1.807) is 24.3 Å². The third kappa shape index (κ3) is 10.2. The minimum Gasteiger partial charge on any atom is -0.493 e. The molecule has 0 spiro atoms. The highest BCUT2D eigenvalue weighted by Gasteiger charge is 2.28. The largest absolute Gasteiger partial charge is 0.493 e. The average Bonchev–Trinajstić information content (AvgIpc) is 3.46. The van der Waals surface area contributed by atoms with E-state index >= 15 is 0 Å². The Labute approximate surface area is 280 Å². The van der Waals surface area contributed by atoms with E-state index in [1.807, 2.05) is 42.5 Å². The number of H-pyrrole nitrogens is 1. The van der Waals surface area contributed by atoms with Crippen LogP contribution in [0.1, 0.15) is 19.8 Å². The second-order valence-electron chi connectivity index (χ2n) is 10.7. The van der Waals surface area contributed by atoms with Crippen LogP contribution in [0.3, 0.4) is 0 Å². The third-order valence-corrected chi connectivity index (χ3v) is 8.19. The number of thioether (sulfide) groups is 1. The van der Waals surface area contributed by atoms with Gasteiger partial charge in [-0.2, -0.15) is 0 Å². The number of methoxy groups -OCH3 is 1. The number of carbonyl (C=O) groups is 3. The van der Waals surface area contributed by atoms with E-state index in [4.69, 9.17) is 14.2 Å². The molecule has 2 atom stereocenters. The Hall–Kier alpha value is -5.02. The fourth-order valence-electron chi connectivity index (χ4n) is 5.02. The van der Waals surface area contributed by atoms with Gasteiger partial charge < -0.3 is 39.4 Å². The molecule has 14 nitrogen and oxygen atoms in total. The summed E-state index contributed by atoms with van der Waals surface area (Å²) in [6.07, 6.45) is -1.03. The van der Waals surface area contributed by atoms with Crippen LogP contribution in [-0.2, 0) is 19.2 Å². The van der Waals surface area contributed by atoms with Gasteiger partial charge in [-0.3, -0.25) is 14.4 Å². The molecule has 0 radical (unpaired) electrons. The quantitative estimate of drug-likeness (QED) is 0.0745. The maximum atomic E-state index is 13.8. The van der Waals surface area contributed by atoms with Gasteiger partial charge in [-0.25, -0.2) is 0 Å². The summed E-state index contributed by atoms with van der Waals surface area (Å²) in [7, 11) is 1.51. The summed E-state index contributed by atoms with van der Waals surface area (Å²) in [5.74, 6) is 0.418. The SMILES string of the molecule is COc1ccccc1OCCN(CC(O)COc1cccc2[nH]c3ccccc3c12)C(=O)C(CSC(=O)CCCO[N+](=O)[O-])NC(C)=O. The number of benzene rings is 3. The van der Waals surface area contributed by atoms with Gasteiger partial charge in [0.2, 0.25) is 11.8 Å². The Morgan fingerprint density at radius 3 is 2.44 bits per heavy atom. The Kier molecular flexibility index (Phi) is 13.3. The van der Waals surface area contributed by atoms with Crippen LogP contribution in [0, 0.1) is 10.1 Å². The number of ether oxygens (including phenoxy) is 3. The Bertz CT molecular complexity index is 1710. The van der Waals surface area contributed by atoms with Crippen molar-refractivity contribution < 1.29 is 43.6 Å². The van der Waals surface area contributed by atoms with Gasteiger partial charge in [0.15, 0.2) is 16.6 Å². The zero-order valence-corrected chi connectivity index (χ0v) is 27.4. The van der Waals surface area contributed by atoms with Gasteiger partial charge in [-0.15, -0.1) is 10.1 Å². The first kappa shape index (κ1) is 35.8. The van der Waals surface area contributed by atoms with Crippen LogP contribution in [0.15, 0.2) is 66.7 Å². The predicted octanol–water partition coefficient (Wildman–Crippen LogP) is 3.73. The van der Waals surface area contributed by atoms with Crippen LogP contribution in [0.2, 0.25) is 0 Å². The zero-order chi connectivity index (χ0) is 34.5. The lowest BCUT2D eigenvalue weighted by molar-refractivity contribution is -0.757. The molecule has 1 heterocycles. The topological polar surface area (TPSA) is 183 Å². The van der Waals surface area contributed by atoms with E-state index in [1.165, 1.54) is 18.9 Å². The lowest BCUT2D eigenvalue weighted by Gasteiger charge is -2.29. The maximum Gasteiger partial charge on any atom is 0.294 e. The number of rotatable bonds is 19. The molecule has 0 fully saturated rings. The van der Waals surface area contributed by atoms with E-state index in [0.29, 0.717) is 17.2 Å². The lowest BCUT2D eigenvalue weighted by Crippen LogP contribution is -2.52. The van der Waals surface area contributed by atoms with Gasteiger partial charge >= 0.3 is 0 Å². The smallest absolute Gasteiger partial charge is 0.294 e. The minimum absolute atomic E-state index is 0.0187. The van der Waals surface area contributed by atoms with Crippen LogP contribution in [0.25, 0.3) is 21.8 Å². The Morgan fingerprint density at radius 1 is 0.979 bits per heavy atom. The summed E-state index contributed by atoms with van der Waals surface area (Å²) in [6, 6.07) is 19.3. The van der Waals surface area contributed by atoms with Gasteiger partial charge in [-0.05, 0) is 36.8 Å². The number of fused-ring (bicyclic) bond motifs is 3. The number of hydrogen-bond acceptors (Lipinski definition) is 11. The number of aromatic nitrogens is 1. The van der Waals surface area contributed by atoms with E-state index in [-0.39, 0.29) is 56.6 Å². The summed E-state index contributed by atoms with van der Waals surface area (Å²) >= 11 is 0.821. The first-order chi connectivity index (χ1) is 23.2. The molecule has 0 aliphatic heterocycles. The zero-order valence-electron chi connectivity index (χ0n) is 26.6. The minimum atomic E-state index is -1.13. The number of para-hydroxylation sites is 3. The molecule has 0 aliphatic rings. The van der Waals surface area contributed by atoms with Crippen molar-refractivity contribution in [3.8, 4) is 17.2 Å². The number of hydrogen-bond donors (Lipinski definition) is 3. The van der Waals surface area contributed by atoms with Gasteiger partial charge in [0.1, 0.15) is 31.1 Å². The molecular weight excluding hydrogens is 644 g/mol. The van der Waals surface area contributed by atoms with Crippen molar-refractivity contribution in [3.63, 3.8) is 0 Å². The molecule has 0 aliphatic carbocycles. The normalized spacial score (nSPS) is 12.2. The molecule has 15 heteroatoms. The average molecular weight is 683 g/mol. The number of amides is 2. The number of nitrogens with zero attached hydrogens (tertiary/aromatic N) is 2. The molecule has 2 amide bonds. The number of aromatic amines is 1. The van der Waals surface area contributed by atoms with Crippen molar-refractivity contribution in [1.29, 1.82) is 0 Å². The van der Waals surface area contributed by atoms with Gasteiger partial charge in [0.05, 0.1) is 32.3 Å². The van der Waals surface area contributed by atoms with Crippen molar-refractivity contribution in [2.75, 3.05) is 45.8 Å². The van der Waals surface area contributed by atoms with E-state index in [0.717, 1.165) is 33.6 Å². The van der Waals surface area contributed by atoms with Crippen molar-refractivity contribution >= 4 is 50.5 Å². The molecule has 3 N–H and O–H groups in total. The molecule has 48 heavy (non-hydrogen) atoms. The van der Waals surface area contributed by atoms with Crippen LogP contribution >= 0.6 is 11.8 Å². The van der Waals surface area contributed by atoms with Gasteiger partial charge in [0, 0.05) is 35.4 Å². The second kappa shape index (κ2) is 17.8. The number of aliphatic hydroxyl groups is 1. The van der Waals surface area contributed by atoms with E-state index < -0.39 is 29.0 Å². The van der Waals surface area contributed by atoms with E-state index in [2.05, 4.69) is 15.1 Å². The molecule has 2 unspecified atom stereocenters. The maximum absolute atomic E-state index is 13.8. The standard InChI is InChI=1S/C33H38N4O10S/c1-22(38)34-27(21-48-31(40)15-8-17-47-37(42)43)33(41)36(16-18-45-29-13-6-5-12-28(29)44-2)19-23(39)20-46-30-14-7-11-26-32(30)24-9-3-4-10-25(24)35-26/h3-7,9-14,23,27,35,39H,8,15-21H2,1-2H3,(H,34,38). The summed E-state index contributed by atoms with van der Waals surface area (Å²) in [5, 5.41) is 24.6. The second-order valence-corrected chi connectivity index (χ2v) is 11.8. The molecule has 0 saturated heterocycles. The lowest BCUT2D eigenvalue weighted by atomic mass is 10.1. The summed E-state index contributed by atoms with van der Waals surface area (Å²) in [5.41, 5.74) is 1.82. The van der Waals surface area contributed by atoms with Crippen molar-refractivity contribution in [2.45, 2.75) is 31.9 Å². The molecule has 4 rings (SSSR count). The monoisotopic (exact) mass is 682 g/mol. The number of nitrogens with one attached hydrogen (secondary N) is 2. The molecule has 256 valence electrons. The first-order valence-electron chi connectivity index (χ1n) is 15.2. The van der Waals surface area contributed by atoms with Crippen LogP contribution < -0.4 is 19.5 Å². The van der Waals surface area contributed by atoms with Gasteiger partial charge in [-0.1, -0.05) is 48.2 Å². The van der Waals surface area contributed by atoms with E-state index in [9.17, 15) is 29.6 Å². The molecule has 1 aromatic heterocycles. The van der Waals surface area contributed by atoms with Crippen molar-refractivity contribution in [3.05, 3.63) is 76.8 Å².